The Kier molecular flexibility index (Phi) is 5.33. The van der Waals surface area contributed by atoms with Gasteiger partial charge in [-0.3, -0.25) is 4.79 Å². The van der Waals surface area contributed by atoms with E-state index >= 15 is 0 Å². The summed E-state index contributed by atoms with van der Waals surface area (Å²) in [6.45, 7) is 7.81. The standard InChI is InChI=1S/C18H25N5O2/c1-13-16(14(2)25-21-13)5-7-18(24)20-15-4-6-17(19-12-15)23-10-8-22(3)9-11-23/h4,6,12H,5,7-11H2,1-3H3,(H,20,24). The number of aromatic nitrogens is 2. The molecule has 1 aliphatic heterocycles. The molecule has 1 aliphatic rings. The highest BCUT2D eigenvalue weighted by atomic mass is 16.5. The highest BCUT2D eigenvalue weighted by Crippen LogP contribution is 2.17. The van der Waals surface area contributed by atoms with Crippen LogP contribution in [0.1, 0.15) is 23.4 Å². The van der Waals surface area contributed by atoms with Crippen molar-refractivity contribution < 1.29 is 9.32 Å². The van der Waals surface area contributed by atoms with Gasteiger partial charge in [0.05, 0.1) is 17.6 Å². The van der Waals surface area contributed by atoms with E-state index in [0.717, 1.165) is 54.7 Å². The van der Waals surface area contributed by atoms with Crippen LogP contribution in [-0.4, -0.2) is 54.2 Å². The zero-order valence-electron chi connectivity index (χ0n) is 15.1. The lowest BCUT2D eigenvalue weighted by molar-refractivity contribution is -0.116. The summed E-state index contributed by atoms with van der Waals surface area (Å²) in [5.74, 6) is 1.71. The number of nitrogens with zero attached hydrogens (tertiary/aromatic N) is 4. The predicted molar refractivity (Wildman–Crippen MR) is 96.9 cm³/mol. The van der Waals surface area contributed by atoms with Crippen LogP contribution in [0.2, 0.25) is 0 Å². The first-order valence-electron chi connectivity index (χ1n) is 8.64. The highest BCUT2D eigenvalue weighted by molar-refractivity contribution is 5.90. The summed E-state index contributed by atoms with van der Waals surface area (Å²) in [4.78, 5) is 21.2. The van der Waals surface area contributed by atoms with Gasteiger partial charge < -0.3 is 19.6 Å². The van der Waals surface area contributed by atoms with Gasteiger partial charge in [-0.25, -0.2) is 4.98 Å². The lowest BCUT2D eigenvalue weighted by atomic mass is 10.1. The van der Waals surface area contributed by atoms with Crippen molar-refractivity contribution in [3.63, 3.8) is 0 Å². The summed E-state index contributed by atoms with van der Waals surface area (Å²) in [5.41, 5.74) is 2.59. The van der Waals surface area contributed by atoms with E-state index in [4.69, 9.17) is 4.52 Å². The molecule has 25 heavy (non-hydrogen) atoms. The molecule has 0 saturated carbocycles. The first kappa shape index (κ1) is 17.4. The van der Waals surface area contributed by atoms with Gasteiger partial charge in [-0.05, 0) is 39.4 Å². The molecule has 0 aromatic carbocycles. The molecule has 2 aromatic heterocycles. The molecular weight excluding hydrogens is 318 g/mol. The first-order valence-corrected chi connectivity index (χ1v) is 8.64. The number of piperazine rings is 1. The SMILES string of the molecule is Cc1noc(C)c1CCC(=O)Nc1ccc(N2CCN(C)CC2)nc1. The van der Waals surface area contributed by atoms with Crippen LogP contribution in [0.4, 0.5) is 11.5 Å². The molecule has 1 saturated heterocycles. The van der Waals surface area contributed by atoms with Gasteiger partial charge in [-0.15, -0.1) is 0 Å². The van der Waals surface area contributed by atoms with E-state index in [-0.39, 0.29) is 5.91 Å². The van der Waals surface area contributed by atoms with E-state index in [9.17, 15) is 4.79 Å². The van der Waals surface area contributed by atoms with Gasteiger partial charge in [-0.1, -0.05) is 5.16 Å². The van der Waals surface area contributed by atoms with E-state index in [2.05, 4.69) is 32.3 Å². The van der Waals surface area contributed by atoms with E-state index < -0.39 is 0 Å². The fourth-order valence-corrected chi connectivity index (χ4v) is 3.00. The molecule has 0 spiro atoms. The zero-order valence-corrected chi connectivity index (χ0v) is 15.1. The number of pyridine rings is 1. The Labute approximate surface area is 148 Å². The van der Waals surface area contributed by atoms with Crippen LogP contribution < -0.4 is 10.2 Å². The normalized spacial score (nSPS) is 15.4. The first-order chi connectivity index (χ1) is 12.0. The minimum atomic E-state index is -0.0332. The lowest BCUT2D eigenvalue weighted by Crippen LogP contribution is -2.44. The van der Waals surface area contributed by atoms with Gasteiger partial charge >= 0.3 is 0 Å². The molecule has 3 rings (SSSR count). The Morgan fingerprint density at radius 2 is 2.00 bits per heavy atom. The molecule has 0 atom stereocenters. The molecule has 3 heterocycles. The summed E-state index contributed by atoms with van der Waals surface area (Å²) < 4.78 is 5.12. The molecule has 7 nitrogen and oxygen atoms in total. The van der Waals surface area contributed by atoms with Crippen LogP contribution in [0, 0.1) is 13.8 Å². The third-order valence-electron chi connectivity index (χ3n) is 4.64. The van der Waals surface area contributed by atoms with Gasteiger partial charge in [0.2, 0.25) is 5.91 Å². The topological polar surface area (TPSA) is 74.5 Å². The number of hydrogen-bond donors (Lipinski definition) is 1. The molecule has 7 heteroatoms. The minimum absolute atomic E-state index is 0.0332. The van der Waals surface area contributed by atoms with Crippen LogP contribution in [0.3, 0.4) is 0 Å². The number of carbonyl (C=O) groups is 1. The minimum Gasteiger partial charge on any atom is -0.361 e. The summed E-state index contributed by atoms with van der Waals surface area (Å²) in [5, 5.41) is 6.81. The van der Waals surface area contributed by atoms with Gasteiger partial charge in [-0.2, -0.15) is 0 Å². The van der Waals surface area contributed by atoms with E-state index in [1.54, 1.807) is 6.20 Å². The number of aryl methyl sites for hydroxylation is 2. The molecule has 1 amide bonds. The van der Waals surface area contributed by atoms with Crippen LogP contribution >= 0.6 is 0 Å². The molecule has 2 aromatic rings. The number of amides is 1. The van der Waals surface area contributed by atoms with E-state index in [1.807, 2.05) is 26.0 Å². The van der Waals surface area contributed by atoms with E-state index in [1.165, 1.54) is 0 Å². The van der Waals surface area contributed by atoms with Gasteiger partial charge in [0.25, 0.3) is 0 Å². The number of nitrogens with one attached hydrogen (secondary N) is 1. The maximum atomic E-state index is 12.1. The van der Waals surface area contributed by atoms with Crippen molar-refractivity contribution in [2.45, 2.75) is 26.7 Å². The summed E-state index contributed by atoms with van der Waals surface area (Å²) in [6, 6.07) is 3.88. The second-order valence-corrected chi connectivity index (χ2v) is 6.55. The Balaban J connectivity index is 1.52. The maximum Gasteiger partial charge on any atom is 0.224 e. The summed E-state index contributed by atoms with van der Waals surface area (Å²) in [6.07, 6.45) is 2.74. The van der Waals surface area contributed by atoms with Crippen LogP contribution in [0.25, 0.3) is 0 Å². The van der Waals surface area contributed by atoms with Crippen molar-refractivity contribution in [2.24, 2.45) is 0 Å². The number of carbonyl (C=O) groups excluding carboxylic acids is 1. The van der Waals surface area contributed by atoms with Crippen molar-refractivity contribution in [3.8, 4) is 0 Å². The number of rotatable bonds is 5. The molecule has 134 valence electrons. The Morgan fingerprint density at radius 1 is 1.24 bits per heavy atom. The van der Waals surface area contributed by atoms with Gasteiger partial charge in [0.15, 0.2) is 0 Å². The van der Waals surface area contributed by atoms with Crippen molar-refractivity contribution >= 4 is 17.4 Å². The second kappa shape index (κ2) is 7.65. The van der Waals surface area contributed by atoms with Gasteiger partial charge in [0, 0.05) is 38.2 Å². The quantitative estimate of drug-likeness (QED) is 0.895. The van der Waals surface area contributed by atoms with Crippen molar-refractivity contribution in [2.75, 3.05) is 43.4 Å². The molecule has 0 aliphatic carbocycles. The number of anilines is 2. The van der Waals surface area contributed by atoms with Gasteiger partial charge in [0.1, 0.15) is 11.6 Å². The monoisotopic (exact) mass is 343 g/mol. The van der Waals surface area contributed by atoms with E-state index in [0.29, 0.717) is 12.8 Å². The van der Waals surface area contributed by atoms with Crippen molar-refractivity contribution in [1.82, 2.24) is 15.0 Å². The molecular formula is C18H25N5O2. The zero-order chi connectivity index (χ0) is 17.8. The fourth-order valence-electron chi connectivity index (χ4n) is 3.00. The van der Waals surface area contributed by atoms with Crippen LogP contribution in [0.15, 0.2) is 22.9 Å². The van der Waals surface area contributed by atoms with Crippen LogP contribution in [-0.2, 0) is 11.2 Å². The molecule has 0 radical (unpaired) electrons. The summed E-state index contributed by atoms with van der Waals surface area (Å²) >= 11 is 0. The molecule has 0 unspecified atom stereocenters. The van der Waals surface area contributed by atoms with Crippen molar-refractivity contribution in [1.29, 1.82) is 0 Å². The number of hydrogen-bond acceptors (Lipinski definition) is 6. The van der Waals surface area contributed by atoms with Crippen molar-refractivity contribution in [3.05, 3.63) is 35.3 Å². The number of likely N-dealkylation sites (N-methyl/N-ethyl adjacent to an activating group) is 1. The predicted octanol–water partition coefficient (Wildman–Crippen LogP) is 2.01. The average molecular weight is 343 g/mol. The lowest BCUT2D eigenvalue weighted by Gasteiger charge is -2.33. The smallest absolute Gasteiger partial charge is 0.224 e. The molecule has 1 N–H and O–H groups in total. The Morgan fingerprint density at radius 3 is 2.60 bits per heavy atom. The largest absolute Gasteiger partial charge is 0.361 e. The molecule has 1 fully saturated rings. The average Bonchev–Trinajstić information content (AvgIpc) is 2.93. The maximum absolute atomic E-state index is 12.1. The Bertz CT molecular complexity index is 698. The summed E-state index contributed by atoms with van der Waals surface area (Å²) in [7, 11) is 2.13. The Hall–Kier alpha value is -2.41. The fraction of sp³-hybridized carbons (Fsp3) is 0.500. The second-order valence-electron chi connectivity index (χ2n) is 6.55. The molecule has 0 bridgehead atoms. The highest BCUT2D eigenvalue weighted by Gasteiger charge is 2.15. The third kappa shape index (κ3) is 4.36. The third-order valence-corrected chi connectivity index (χ3v) is 4.64. The van der Waals surface area contributed by atoms with Crippen LogP contribution in [0.5, 0.6) is 0 Å².